The summed E-state index contributed by atoms with van der Waals surface area (Å²) in [5.41, 5.74) is 1.82. The van der Waals surface area contributed by atoms with Crippen LogP contribution in [0.4, 0.5) is 15.9 Å². The van der Waals surface area contributed by atoms with E-state index in [2.05, 4.69) is 53.7 Å². The summed E-state index contributed by atoms with van der Waals surface area (Å²) in [5.74, 6) is -0.593. The molecule has 0 spiro atoms. The van der Waals surface area contributed by atoms with Gasteiger partial charge in [0.1, 0.15) is 5.82 Å². The zero-order chi connectivity index (χ0) is 27.2. The van der Waals surface area contributed by atoms with E-state index in [1.165, 1.54) is 0 Å². The molecule has 0 radical (unpaired) electrons. The minimum Gasteiger partial charge on any atom is -0.467 e. The average Bonchev–Trinajstić information content (AvgIpc) is 2.91. The molecule has 2 unspecified atom stereocenters. The highest BCUT2D eigenvalue weighted by atomic mass is 35.5. The first-order valence-corrected chi connectivity index (χ1v) is 13.3. The molecule has 3 aromatic rings. The molecule has 0 amide bonds. The fourth-order valence-electron chi connectivity index (χ4n) is 5.70. The maximum absolute atomic E-state index is 14.0. The van der Waals surface area contributed by atoms with Crippen LogP contribution < -0.4 is 19.9 Å². The monoisotopic (exact) mass is 537 g/mol. The number of Topliss-reactive ketones (excluding diaryl/α,β-unsaturated/α-hetero) is 1. The number of methoxy groups -OCH3 is 1. The number of ketones is 1. The van der Waals surface area contributed by atoms with E-state index in [1.54, 1.807) is 14.0 Å². The van der Waals surface area contributed by atoms with Crippen LogP contribution in [0, 0.1) is 5.92 Å². The molecule has 2 aliphatic heterocycles. The van der Waals surface area contributed by atoms with Gasteiger partial charge in [0.15, 0.2) is 5.83 Å². The van der Waals surface area contributed by atoms with Gasteiger partial charge in [-0.3, -0.25) is 4.79 Å². The van der Waals surface area contributed by atoms with Crippen molar-refractivity contribution < 1.29 is 13.9 Å². The fourth-order valence-corrected chi connectivity index (χ4v) is 5.97. The Kier molecular flexibility index (Phi) is 7.05. The Morgan fingerprint density at radius 1 is 1.26 bits per heavy atom. The molecule has 5 rings (SSSR count). The van der Waals surface area contributed by atoms with Crippen LogP contribution in [0.3, 0.4) is 0 Å². The molecule has 9 heteroatoms. The molecule has 1 fully saturated rings. The predicted molar refractivity (Wildman–Crippen MR) is 150 cm³/mol. The van der Waals surface area contributed by atoms with Gasteiger partial charge in [-0.05, 0) is 36.8 Å². The number of hydrogen-bond acceptors (Lipinski definition) is 7. The van der Waals surface area contributed by atoms with Crippen LogP contribution in [0.25, 0.3) is 10.8 Å². The Balaban J connectivity index is 1.57. The van der Waals surface area contributed by atoms with Gasteiger partial charge in [0.05, 0.1) is 29.9 Å². The van der Waals surface area contributed by atoms with Crippen LogP contribution in [-0.4, -0.2) is 54.1 Å². The van der Waals surface area contributed by atoms with E-state index in [9.17, 15) is 9.18 Å². The van der Waals surface area contributed by atoms with Crippen LogP contribution in [-0.2, 0) is 17.8 Å². The van der Waals surface area contributed by atoms with E-state index in [-0.39, 0.29) is 24.5 Å². The number of nitrogens with zero attached hydrogens (tertiary/aromatic N) is 4. The number of nitrogens with one attached hydrogen (secondary N) is 1. The standard InChI is InChI=1S/C29H33ClFN5O2/c1-17(2)24-14-32-29(4,26(37)18(3)31)16-36(24)27-20-12-13-35(15-22(20)33-28(34-27)38-5)23-11-7-9-19-8-6-10-21(30)25(19)23/h6-11,17,24,32H,3,12-16H2,1-2,4-5H3. The molecule has 1 N–H and O–H groups in total. The SMILES string of the molecule is C=C(F)C(=O)C1(C)CN(c2nc(OC)nc3c2CCN(c2cccc4cccc(Cl)c24)C3)C(C(C)C)CN1. The fraction of sp³-hybridized carbons (Fsp3) is 0.414. The summed E-state index contributed by atoms with van der Waals surface area (Å²) in [6.07, 6.45) is 0.699. The van der Waals surface area contributed by atoms with E-state index >= 15 is 0 Å². The lowest BCUT2D eigenvalue weighted by molar-refractivity contribution is -0.122. The highest BCUT2D eigenvalue weighted by Crippen LogP contribution is 2.38. The number of carbonyl (C=O) groups is 1. The number of benzene rings is 2. The Labute approximate surface area is 227 Å². The van der Waals surface area contributed by atoms with Crippen molar-refractivity contribution in [2.45, 2.75) is 45.3 Å². The van der Waals surface area contributed by atoms with Gasteiger partial charge >= 0.3 is 6.01 Å². The van der Waals surface area contributed by atoms with Crippen LogP contribution in [0.2, 0.25) is 5.02 Å². The van der Waals surface area contributed by atoms with Crippen molar-refractivity contribution in [2.24, 2.45) is 5.92 Å². The van der Waals surface area contributed by atoms with E-state index in [4.69, 9.17) is 26.3 Å². The molecule has 2 atom stereocenters. The number of carbonyl (C=O) groups excluding carboxylic acids is 1. The smallest absolute Gasteiger partial charge is 0.318 e. The summed E-state index contributed by atoms with van der Waals surface area (Å²) < 4.78 is 19.5. The van der Waals surface area contributed by atoms with Crippen LogP contribution >= 0.6 is 11.6 Å². The zero-order valence-electron chi connectivity index (χ0n) is 22.2. The number of ether oxygens (including phenoxy) is 1. The molecule has 2 aliphatic rings. The largest absolute Gasteiger partial charge is 0.467 e. The van der Waals surface area contributed by atoms with Gasteiger partial charge in [-0.2, -0.15) is 9.97 Å². The second-order valence-corrected chi connectivity index (χ2v) is 11.0. The highest BCUT2D eigenvalue weighted by molar-refractivity contribution is 6.36. The summed E-state index contributed by atoms with van der Waals surface area (Å²) >= 11 is 6.63. The summed E-state index contributed by atoms with van der Waals surface area (Å²) in [7, 11) is 1.55. The third-order valence-electron chi connectivity index (χ3n) is 7.76. The van der Waals surface area contributed by atoms with Crippen molar-refractivity contribution in [1.82, 2.24) is 15.3 Å². The Morgan fingerprint density at radius 2 is 2.00 bits per heavy atom. The molecule has 3 heterocycles. The van der Waals surface area contributed by atoms with Crippen LogP contribution in [0.1, 0.15) is 32.0 Å². The van der Waals surface area contributed by atoms with E-state index in [0.717, 1.165) is 40.1 Å². The molecule has 38 heavy (non-hydrogen) atoms. The second kappa shape index (κ2) is 10.2. The molecule has 2 aromatic carbocycles. The van der Waals surface area contributed by atoms with E-state index < -0.39 is 17.1 Å². The van der Waals surface area contributed by atoms with E-state index in [1.807, 2.05) is 18.2 Å². The van der Waals surface area contributed by atoms with Crippen molar-refractivity contribution >= 4 is 39.7 Å². The van der Waals surface area contributed by atoms with Gasteiger partial charge in [0.2, 0.25) is 5.78 Å². The first-order chi connectivity index (χ1) is 18.1. The quantitative estimate of drug-likeness (QED) is 0.439. The van der Waals surface area contributed by atoms with Gasteiger partial charge in [-0.15, -0.1) is 0 Å². The number of halogens is 2. The average molecular weight is 538 g/mol. The number of hydrogen-bond donors (Lipinski definition) is 1. The van der Waals surface area contributed by atoms with Gasteiger partial charge in [-0.25, -0.2) is 4.39 Å². The number of fused-ring (bicyclic) bond motifs is 2. The van der Waals surface area contributed by atoms with E-state index in [0.29, 0.717) is 24.5 Å². The Hall–Kier alpha value is -3.23. The molecular weight excluding hydrogens is 505 g/mol. The second-order valence-electron chi connectivity index (χ2n) is 10.6. The lowest BCUT2D eigenvalue weighted by Gasteiger charge is -2.48. The third-order valence-corrected chi connectivity index (χ3v) is 8.07. The van der Waals surface area contributed by atoms with Gasteiger partial charge < -0.3 is 19.9 Å². The van der Waals surface area contributed by atoms with Crippen molar-refractivity contribution in [1.29, 1.82) is 0 Å². The molecule has 1 saturated heterocycles. The number of aromatic nitrogens is 2. The predicted octanol–water partition coefficient (Wildman–Crippen LogP) is 5.10. The van der Waals surface area contributed by atoms with Crippen molar-refractivity contribution in [3.8, 4) is 6.01 Å². The van der Waals surface area contributed by atoms with Crippen molar-refractivity contribution in [3.63, 3.8) is 0 Å². The summed E-state index contributed by atoms with van der Waals surface area (Å²) in [6.45, 7) is 11.3. The number of anilines is 2. The van der Waals surface area contributed by atoms with Gasteiger partial charge in [0.25, 0.3) is 0 Å². The third kappa shape index (κ3) is 4.60. The maximum Gasteiger partial charge on any atom is 0.318 e. The Morgan fingerprint density at radius 3 is 2.68 bits per heavy atom. The first-order valence-electron chi connectivity index (χ1n) is 12.9. The normalized spacial score (nSPS) is 21.5. The molecule has 7 nitrogen and oxygen atoms in total. The van der Waals surface area contributed by atoms with Crippen molar-refractivity contribution in [2.75, 3.05) is 36.5 Å². The van der Waals surface area contributed by atoms with Crippen LogP contribution in [0.15, 0.2) is 48.8 Å². The lowest BCUT2D eigenvalue weighted by Crippen LogP contribution is -2.68. The van der Waals surface area contributed by atoms with Crippen molar-refractivity contribution in [3.05, 3.63) is 65.1 Å². The summed E-state index contributed by atoms with van der Waals surface area (Å²) in [4.78, 5) is 26.7. The highest BCUT2D eigenvalue weighted by Gasteiger charge is 2.44. The topological polar surface area (TPSA) is 70.6 Å². The summed E-state index contributed by atoms with van der Waals surface area (Å²) in [5, 5.41) is 6.09. The van der Waals surface area contributed by atoms with Gasteiger partial charge in [-0.1, -0.05) is 56.3 Å². The van der Waals surface area contributed by atoms with Gasteiger partial charge in [0, 0.05) is 42.3 Å². The molecule has 200 valence electrons. The molecule has 1 aromatic heterocycles. The zero-order valence-corrected chi connectivity index (χ0v) is 23.0. The summed E-state index contributed by atoms with van der Waals surface area (Å²) in [6, 6.07) is 12.4. The lowest BCUT2D eigenvalue weighted by atomic mass is 9.87. The number of piperazine rings is 1. The van der Waals surface area contributed by atoms with Crippen LogP contribution in [0.5, 0.6) is 6.01 Å². The molecule has 0 aliphatic carbocycles. The first kappa shape index (κ1) is 26.4. The number of rotatable bonds is 6. The minimum atomic E-state index is -1.12. The Bertz CT molecular complexity index is 1410. The molecule has 0 bridgehead atoms. The minimum absolute atomic E-state index is 0.0439. The molecular formula is C29H33ClFN5O2. The maximum atomic E-state index is 14.0. The molecule has 0 saturated carbocycles.